The zero-order valence-corrected chi connectivity index (χ0v) is 16.7. The average molecular weight is 412 g/mol. The molecule has 1 saturated heterocycles. The Bertz CT molecular complexity index is 1070. The van der Waals surface area contributed by atoms with Crippen LogP contribution in [0.4, 0.5) is 10.1 Å². The summed E-state index contributed by atoms with van der Waals surface area (Å²) in [6.45, 7) is 2.74. The first-order chi connectivity index (χ1) is 14.0. The first-order valence-electron chi connectivity index (χ1n) is 9.47. The molecule has 8 heteroatoms. The van der Waals surface area contributed by atoms with E-state index < -0.39 is 11.3 Å². The number of fused-ring (bicyclic) bond motifs is 1. The summed E-state index contributed by atoms with van der Waals surface area (Å²) >= 11 is 1.38. The van der Waals surface area contributed by atoms with Crippen LogP contribution >= 0.6 is 11.8 Å². The number of anilines is 1. The number of nitrogens with one attached hydrogen (secondary N) is 2. The van der Waals surface area contributed by atoms with Crippen LogP contribution in [-0.4, -0.2) is 38.6 Å². The molecular weight excluding hydrogens is 391 g/mol. The minimum atomic E-state index is -0.629. The van der Waals surface area contributed by atoms with Gasteiger partial charge in [-0.15, -0.1) is 11.8 Å². The highest BCUT2D eigenvalue weighted by Gasteiger charge is 2.32. The van der Waals surface area contributed by atoms with Crippen LogP contribution in [0.15, 0.2) is 48.7 Å². The molecule has 2 heterocycles. The molecule has 2 aromatic carbocycles. The zero-order valence-electron chi connectivity index (χ0n) is 15.9. The van der Waals surface area contributed by atoms with Crippen molar-refractivity contribution < 1.29 is 14.0 Å². The van der Waals surface area contributed by atoms with Crippen molar-refractivity contribution in [3.8, 4) is 0 Å². The molecule has 0 spiro atoms. The highest BCUT2D eigenvalue weighted by Crippen LogP contribution is 2.24. The molecule has 1 fully saturated rings. The largest absolute Gasteiger partial charge is 0.343 e. The monoisotopic (exact) mass is 412 g/mol. The van der Waals surface area contributed by atoms with Crippen LogP contribution in [0, 0.1) is 5.82 Å². The van der Waals surface area contributed by atoms with Crippen LogP contribution in [0.3, 0.4) is 0 Å². The summed E-state index contributed by atoms with van der Waals surface area (Å²) in [6.07, 6.45) is 2.09. The number of nitrogens with zero attached hydrogens (tertiary/aromatic N) is 2. The zero-order chi connectivity index (χ0) is 20.4. The van der Waals surface area contributed by atoms with Crippen LogP contribution in [-0.2, 0) is 22.6 Å². The van der Waals surface area contributed by atoms with Gasteiger partial charge >= 0.3 is 0 Å². The highest BCUT2D eigenvalue weighted by molar-refractivity contribution is 8.00. The fraction of sp³-hybridized carbons (Fsp3) is 0.286. The molecule has 0 radical (unpaired) electrons. The number of hydrogen-bond donors (Lipinski definition) is 2. The second kappa shape index (κ2) is 8.24. The number of hydrogen-bond acceptors (Lipinski definition) is 4. The lowest BCUT2D eigenvalue weighted by atomic mass is 10.1. The highest BCUT2D eigenvalue weighted by atomic mass is 32.2. The molecule has 1 aliphatic rings. The maximum Gasteiger partial charge on any atom is 0.247 e. The quantitative estimate of drug-likeness (QED) is 0.676. The van der Waals surface area contributed by atoms with E-state index in [1.165, 1.54) is 17.8 Å². The van der Waals surface area contributed by atoms with Crippen molar-refractivity contribution in [2.45, 2.75) is 31.2 Å². The van der Waals surface area contributed by atoms with Gasteiger partial charge in [0.1, 0.15) is 11.9 Å². The van der Waals surface area contributed by atoms with E-state index in [-0.39, 0.29) is 17.6 Å². The summed E-state index contributed by atoms with van der Waals surface area (Å²) < 4.78 is 15.7. The van der Waals surface area contributed by atoms with Crippen LogP contribution < -0.4 is 10.6 Å². The second-order valence-corrected chi connectivity index (χ2v) is 8.14. The number of aromatic nitrogens is 2. The molecule has 2 atom stereocenters. The van der Waals surface area contributed by atoms with Gasteiger partial charge in [0.25, 0.3) is 0 Å². The molecule has 0 saturated carbocycles. The lowest BCUT2D eigenvalue weighted by Crippen LogP contribution is -2.52. The number of aryl methyl sites for hydroxylation is 1. The van der Waals surface area contributed by atoms with Gasteiger partial charge in [-0.3, -0.25) is 14.3 Å². The van der Waals surface area contributed by atoms with E-state index in [1.54, 1.807) is 24.4 Å². The Labute approximate surface area is 171 Å². The van der Waals surface area contributed by atoms with Gasteiger partial charge in [-0.1, -0.05) is 18.2 Å². The molecule has 3 aromatic rings. The van der Waals surface area contributed by atoms with Gasteiger partial charge in [0.15, 0.2) is 0 Å². The van der Waals surface area contributed by atoms with Gasteiger partial charge in [0.05, 0.1) is 17.0 Å². The maximum absolute atomic E-state index is 13.8. The Hall–Kier alpha value is -2.87. The summed E-state index contributed by atoms with van der Waals surface area (Å²) in [5, 5.41) is 10.5. The molecule has 1 aliphatic heterocycles. The standard InChI is InChI=1S/C21H21FN4O2S/c1-2-26-18-10-15(8-7-14(18)11-23-26)24-20(27)17-12-29-19(21(28)25-17)9-13-5-3-4-6-16(13)22/h3-8,10-11,17,19H,2,9,12H2,1H3,(H,24,27)(H,25,28). The van der Waals surface area contributed by atoms with Crippen LogP contribution in [0.5, 0.6) is 0 Å². The fourth-order valence-corrected chi connectivity index (χ4v) is 4.56. The van der Waals surface area contributed by atoms with Crippen molar-refractivity contribution in [3.05, 3.63) is 60.0 Å². The molecule has 4 rings (SSSR count). The first kappa shape index (κ1) is 19.4. The third-order valence-electron chi connectivity index (χ3n) is 4.96. The molecule has 2 unspecified atom stereocenters. The fourth-order valence-electron chi connectivity index (χ4n) is 3.38. The first-order valence-corrected chi connectivity index (χ1v) is 10.5. The lowest BCUT2D eigenvalue weighted by Gasteiger charge is -2.28. The van der Waals surface area contributed by atoms with Crippen molar-refractivity contribution in [2.75, 3.05) is 11.1 Å². The molecule has 1 aromatic heterocycles. The molecule has 2 N–H and O–H groups in total. The smallest absolute Gasteiger partial charge is 0.247 e. The summed E-state index contributed by atoms with van der Waals surface area (Å²) in [5.74, 6) is -0.394. The van der Waals surface area contributed by atoms with Gasteiger partial charge < -0.3 is 10.6 Å². The Morgan fingerprint density at radius 3 is 2.93 bits per heavy atom. The number of amides is 2. The van der Waals surface area contributed by atoms with Gasteiger partial charge in [0, 0.05) is 23.4 Å². The molecule has 0 bridgehead atoms. The lowest BCUT2D eigenvalue weighted by molar-refractivity contribution is -0.126. The minimum absolute atomic E-state index is 0.246. The molecular formula is C21H21FN4O2S. The van der Waals surface area contributed by atoms with Gasteiger partial charge in [0.2, 0.25) is 11.8 Å². The molecule has 150 valence electrons. The Kier molecular flexibility index (Phi) is 5.53. The summed E-state index contributed by atoms with van der Waals surface area (Å²) in [4.78, 5) is 25.1. The number of rotatable bonds is 5. The van der Waals surface area contributed by atoms with Crippen molar-refractivity contribution >= 4 is 40.2 Å². The van der Waals surface area contributed by atoms with E-state index in [9.17, 15) is 14.0 Å². The van der Waals surface area contributed by atoms with Crippen molar-refractivity contribution in [3.63, 3.8) is 0 Å². The number of halogens is 1. The van der Waals surface area contributed by atoms with Crippen molar-refractivity contribution in [2.24, 2.45) is 0 Å². The van der Waals surface area contributed by atoms with Crippen molar-refractivity contribution in [1.29, 1.82) is 0 Å². The third-order valence-corrected chi connectivity index (χ3v) is 6.27. The maximum atomic E-state index is 13.8. The van der Waals surface area contributed by atoms with Crippen molar-refractivity contribution in [1.82, 2.24) is 15.1 Å². The van der Waals surface area contributed by atoms with Crippen LogP contribution in [0.25, 0.3) is 10.9 Å². The average Bonchev–Trinajstić information content (AvgIpc) is 3.13. The Morgan fingerprint density at radius 2 is 2.17 bits per heavy atom. The third kappa shape index (κ3) is 4.12. The number of benzene rings is 2. The topological polar surface area (TPSA) is 76.0 Å². The molecule has 6 nitrogen and oxygen atoms in total. The molecule has 29 heavy (non-hydrogen) atoms. The van der Waals surface area contributed by atoms with E-state index in [1.807, 2.05) is 29.8 Å². The number of carbonyl (C=O) groups is 2. The SMILES string of the molecule is CCn1ncc2ccc(NC(=O)C3CSC(Cc4ccccc4F)C(=O)N3)cc21. The Morgan fingerprint density at radius 1 is 1.34 bits per heavy atom. The van der Waals surface area contributed by atoms with Crippen LogP contribution in [0.1, 0.15) is 12.5 Å². The molecule has 0 aliphatic carbocycles. The number of thioether (sulfide) groups is 1. The minimum Gasteiger partial charge on any atom is -0.343 e. The van der Waals surface area contributed by atoms with E-state index in [0.29, 0.717) is 23.4 Å². The second-order valence-electron chi connectivity index (χ2n) is 6.90. The molecule has 2 amide bonds. The summed E-state index contributed by atoms with van der Waals surface area (Å²) in [5.41, 5.74) is 2.10. The van der Waals surface area contributed by atoms with E-state index in [0.717, 1.165) is 17.4 Å². The van der Waals surface area contributed by atoms with Gasteiger partial charge in [-0.2, -0.15) is 5.10 Å². The predicted octanol–water partition coefficient (Wildman–Crippen LogP) is 2.98. The number of carbonyl (C=O) groups excluding carboxylic acids is 2. The normalized spacial score (nSPS) is 19.2. The van der Waals surface area contributed by atoms with E-state index in [2.05, 4.69) is 15.7 Å². The van der Waals surface area contributed by atoms with Crippen LogP contribution in [0.2, 0.25) is 0 Å². The Balaban J connectivity index is 1.39. The predicted molar refractivity (Wildman–Crippen MR) is 112 cm³/mol. The van der Waals surface area contributed by atoms with E-state index in [4.69, 9.17) is 0 Å². The van der Waals surface area contributed by atoms with Gasteiger partial charge in [-0.25, -0.2) is 4.39 Å². The van der Waals surface area contributed by atoms with Gasteiger partial charge in [-0.05, 0) is 43.2 Å². The summed E-state index contributed by atoms with van der Waals surface area (Å²) in [6, 6.07) is 11.4. The van der Waals surface area contributed by atoms with E-state index >= 15 is 0 Å². The summed E-state index contributed by atoms with van der Waals surface area (Å²) in [7, 11) is 0.